The average Bonchev–Trinajstić information content (AvgIpc) is 2.62. The molecule has 1 unspecified atom stereocenters. The average molecular weight is 411 g/mol. The van der Waals surface area contributed by atoms with Gasteiger partial charge < -0.3 is 4.74 Å². The summed E-state index contributed by atoms with van der Waals surface area (Å²) in [5, 5.41) is 0. The van der Waals surface area contributed by atoms with E-state index in [0.29, 0.717) is 0 Å². The molecule has 1 aliphatic rings. The van der Waals surface area contributed by atoms with Crippen molar-refractivity contribution in [2.24, 2.45) is 0 Å². The second-order valence-electron chi connectivity index (χ2n) is 6.86. The Morgan fingerprint density at radius 3 is 2.44 bits per heavy atom. The van der Waals surface area contributed by atoms with Gasteiger partial charge in [-0.2, -0.15) is 0 Å². The van der Waals surface area contributed by atoms with Crippen LogP contribution in [0, 0.1) is 0 Å². The Bertz CT molecular complexity index is 813. The van der Waals surface area contributed by atoms with Gasteiger partial charge in [-0.25, -0.2) is 13.1 Å². The smallest absolute Gasteiger partial charge is 0.209 e. The van der Waals surface area contributed by atoms with E-state index in [-0.39, 0.29) is 24.6 Å². The number of benzene rings is 2. The van der Waals surface area contributed by atoms with E-state index in [1.54, 1.807) is 0 Å². The number of morpholine rings is 1. The van der Waals surface area contributed by atoms with E-state index in [4.69, 9.17) is 4.74 Å². The van der Waals surface area contributed by atoms with E-state index < -0.39 is 10.0 Å². The molecule has 1 saturated heterocycles. The van der Waals surface area contributed by atoms with Gasteiger partial charge in [-0.05, 0) is 23.6 Å². The van der Waals surface area contributed by atoms with Crippen LogP contribution in [-0.4, -0.2) is 39.3 Å². The Balaban J connectivity index is 0.00000261. The fourth-order valence-electron chi connectivity index (χ4n) is 3.27. The quantitative estimate of drug-likeness (QED) is 0.793. The highest BCUT2D eigenvalue weighted by molar-refractivity contribution is 7.88. The normalized spacial score (nSPS) is 19.3. The molecule has 0 radical (unpaired) electrons. The fourth-order valence-corrected chi connectivity index (χ4v) is 4.05. The predicted molar refractivity (Wildman–Crippen MR) is 110 cm³/mol. The first-order chi connectivity index (χ1) is 12.4. The largest absolute Gasteiger partial charge is 0.371 e. The molecule has 0 spiro atoms. The molecule has 2 atom stereocenters. The minimum atomic E-state index is -3.21. The zero-order valence-corrected chi connectivity index (χ0v) is 17.3. The molecule has 1 fully saturated rings. The summed E-state index contributed by atoms with van der Waals surface area (Å²) in [6.45, 7) is 5.23. The van der Waals surface area contributed by atoms with Gasteiger partial charge in [-0.15, -0.1) is 12.4 Å². The van der Waals surface area contributed by atoms with E-state index in [1.165, 1.54) is 17.4 Å². The maximum absolute atomic E-state index is 11.4. The summed E-state index contributed by atoms with van der Waals surface area (Å²) in [5.74, 6) is 0. The number of hydrogen-bond acceptors (Lipinski definition) is 4. The Morgan fingerprint density at radius 2 is 1.81 bits per heavy atom. The van der Waals surface area contributed by atoms with Crippen LogP contribution in [0.3, 0.4) is 0 Å². The third-order valence-electron chi connectivity index (χ3n) is 4.60. The molecule has 0 saturated carbocycles. The lowest BCUT2D eigenvalue weighted by Gasteiger charge is -2.33. The highest BCUT2D eigenvalue weighted by Crippen LogP contribution is 2.23. The molecule has 1 aliphatic heterocycles. The van der Waals surface area contributed by atoms with Crippen molar-refractivity contribution >= 4 is 22.4 Å². The number of rotatable bonds is 6. The summed E-state index contributed by atoms with van der Waals surface area (Å²) in [6.07, 6.45) is 1.29. The van der Waals surface area contributed by atoms with E-state index >= 15 is 0 Å². The van der Waals surface area contributed by atoms with Crippen LogP contribution in [-0.2, 0) is 21.3 Å². The van der Waals surface area contributed by atoms with Crippen LogP contribution in [0.2, 0.25) is 0 Å². The van der Waals surface area contributed by atoms with Gasteiger partial charge in [0.1, 0.15) is 0 Å². The van der Waals surface area contributed by atoms with Crippen molar-refractivity contribution in [1.29, 1.82) is 0 Å². The van der Waals surface area contributed by atoms with Crippen LogP contribution in [0.15, 0.2) is 54.6 Å². The molecule has 0 aromatic heterocycles. The third-order valence-corrected chi connectivity index (χ3v) is 5.38. The van der Waals surface area contributed by atoms with Crippen molar-refractivity contribution < 1.29 is 13.2 Å². The van der Waals surface area contributed by atoms with Gasteiger partial charge in [0.05, 0.1) is 19.0 Å². The van der Waals surface area contributed by atoms with Crippen LogP contribution < -0.4 is 4.72 Å². The monoisotopic (exact) mass is 410 g/mol. The number of ether oxygens (including phenoxy) is 1. The third kappa shape index (κ3) is 6.59. The Hall–Kier alpha value is -1.44. The van der Waals surface area contributed by atoms with Crippen LogP contribution in [0.25, 0.3) is 0 Å². The van der Waals surface area contributed by atoms with E-state index in [2.05, 4.69) is 33.9 Å². The summed E-state index contributed by atoms with van der Waals surface area (Å²) < 4.78 is 31.3. The number of hydrogen-bond donors (Lipinski definition) is 1. The minimum absolute atomic E-state index is 0. The Kier molecular flexibility index (Phi) is 7.82. The molecule has 2 aromatic carbocycles. The van der Waals surface area contributed by atoms with Crippen molar-refractivity contribution in [3.63, 3.8) is 0 Å². The van der Waals surface area contributed by atoms with E-state index in [1.807, 2.05) is 37.3 Å². The second-order valence-corrected chi connectivity index (χ2v) is 8.64. The molecular formula is C20H27ClN2O3S. The lowest BCUT2D eigenvalue weighted by Crippen LogP contribution is -2.37. The predicted octanol–water partition coefficient (Wildman–Crippen LogP) is 3.29. The molecule has 0 amide bonds. The summed E-state index contributed by atoms with van der Waals surface area (Å²) in [7, 11) is -3.21. The van der Waals surface area contributed by atoms with Gasteiger partial charge in [-0.1, -0.05) is 54.6 Å². The van der Waals surface area contributed by atoms with Gasteiger partial charge >= 0.3 is 0 Å². The topological polar surface area (TPSA) is 58.6 Å². The van der Waals surface area contributed by atoms with Gasteiger partial charge in [-0.3, -0.25) is 4.90 Å². The number of halogens is 1. The molecule has 3 rings (SSSR count). The van der Waals surface area contributed by atoms with Crippen LogP contribution in [0.5, 0.6) is 0 Å². The maximum atomic E-state index is 11.4. The zero-order valence-electron chi connectivity index (χ0n) is 15.7. The van der Waals surface area contributed by atoms with Gasteiger partial charge in [0.2, 0.25) is 10.0 Å². The molecule has 148 valence electrons. The van der Waals surface area contributed by atoms with Crippen molar-refractivity contribution in [2.75, 3.05) is 26.0 Å². The molecule has 2 aromatic rings. The molecule has 1 heterocycles. The Labute approximate surface area is 168 Å². The molecule has 0 aliphatic carbocycles. The summed E-state index contributed by atoms with van der Waals surface area (Å²) in [4.78, 5) is 2.40. The molecule has 1 N–H and O–H groups in total. The van der Waals surface area contributed by atoms with Crippen molar-refractivity contribution in [2.45, 2.75) is 25.6 Å². The minimum Gasteiger partial charge on any atom is -0.371 e. The first-order valence-corrected chi connectivity index (χ1v) is 10.7. The molecule has 0 bridgehead atoms. The van der Waals surface area contributed by atoms with Crippen molar-refractivity contribution in [1.82, 2.24) is 9.62 Å². The summed E-state index contributed by atoms with van der Waals surface area (Å²) in [5.41, 5.74) is 3.39. The van der Waals surface area contributed by atoms with Gasteiger partial charge in [0.25, 0.3) is 0 Å². The molecular weight excluding hydrogens is 384 g/mol. The molecule has 5 nitrogen and oxygen atoms in total. The summed E-state index contributed by atoms with van der Waals surface area (Å²) >= 11 is 0. The highest BCUT2D eigenvalue weighted by atomic mass is 35.5. The van der Waals surface area contributed by atoms with E-state index in [0.717, 1.165) is 31.8 Å². The van der Waals surface area contributed by atoms with Crippen LogP contribution in [0.1, 0.15) is 35.8 Å². The first-order valence-electron chi connectivity index (χ1n) is 8.86. The van der Waals surface area contributed by atoms with Crippen molar-refractivity contribution in [3.8, 4) is 0 Å². The lowest BCUT2D eigenvalue weighted by atomic mass is 10.1. The van der Waals surface area contributed by atoms with Gasteiger partial charge in [0.15, 0.2) is 0 Å². The fraction of sp³-hybridized carbons (Fsp3) is 0.400. The first kappa shape index (κ1) is 21.9. The van der Waals surface area contributed by atoms with Gasteiger partial charge in [0, 0.05) is 25.7 Å². The Morgan fingerprint density at radius 1 is 1.15 bits per heavy atom. The zero-order chi connectivity index (χ0) is 18.6. The summed E-state index contributed by atoms with van der Waals surface area (Å²) in [6, 6.07) is 18.2. The van der Waals surface area contributed by atoms with Crippen molar-refractivity contribution in [3.05, 3.63) is 71.3 Å². The second kappa shape index (κ2) is 9.66. The van der Waals surface area contributed by atoms with Crippen LogP contribution in [0.4, 0.5) is 0 Å². The highest BCUT2D eigenvalue weighted by Gasteiger charge is 2.21. The SMILES string of the molecule is C[C@@H](NS(C)(=O)=O)c1ccc(CN2CCOC(c3ccccc3)C2)cc1.Cl. The number of sulfonamides is 1. The van der Waals surface area contributed by atoms with Crippen LogP contribution >= 0.6 is 12.4 Å². The number of nitrogens with zero attached hydrogens (tertiary/aromatic N) is 1. The molecule has 27 heavy (non-hydrogen) atoms. The number of nitrogens with one attached hydrogen (secondary N) is 1. The standard InChI is InChI=1S/C20H26N2O3S.ClH/c1-16(21-26(2,23)24)18-10-8-17(9-11-18)14-22-12-13-25-20(15-22)19-6-4-3-5-7-19;/h3-11,16,20-21H,12-15H2,1-2H3;1H/t16-,20?;/m1./s1. The lowest BCUT2D eigenvalue weighted by molar-refractivity contribution is -0.0329. The molecule has 7 heteroatoms. The maximum Gasteiger partial charge on any atom is 0.209 e. The van der Waals surface area contributed by atoms with E-state index in [9.17, 15) is 8.42 Å².